The van der Waals surface area contributed by atoms with Gasteiger partial charge in [0.1, 0.15) is 0 Å². The molecule has 0 unspecified atom stereocenters. The highest BCUT2D eigenvalue weighted by Crippen LogP contribution is 2.15. The fourth-order valence-corrected chi connectivity index (χ4v) is 1.50. The summed E-state index contributed by atoms with van der Waals surface area (Å²) in [5.41, 5.74) is 0. The monoisotopic (exact) mass is 271 g/mol. The van der Waals surface area contributed by atoms with Gasteiger partial charge < -0.3 is 9.32 Å². The Kier molecular flexibility index (Phi) is 4.62. The number of carbonyl (C=O) groups excluding carboxylic acids is 1. The van der Waals surface area contributed by atoms with Crippen LogP contribution in [-0.2, 0) is 0 Å². The fraction of sp³-hybridized carbons (Fsp3) is 0.364. The largest absolute Gasteiger partial charge is 0.444 e. The number of rotatable bonds is 5. The van der Waals surface area contributed by atoms with E-state index in [1.807, 2.05) is 6.08 Å². The second-order valence-corrected chi connectivity index (χ2v) is 4.04. The van der Waals surface area contributed by atoms with E-state index in [0.717, 1.165) is 12.8 Å². The van der Waals surface area contributed by atoms with Gasteiger partial charge in [-0.2, -0.15) is 0 Å². The third-order valence-electron chi connectivity index (χ3n) is 2.03. The van der Waals surface area contributed by atoms with Crippen molar-refractivity contribution in [1.29, 1.82) is 0 Å². The molecule has 4 heteroatoms. The minimum absolute atomic E-state index is 0.0928. The number of carbonyl (C=O) groups is 1. The Morgan fingerprint density at radius 1 is 1.67 bits per heavy atom. The van der Waals surface area contributed by atoms with Crippen LogP contribution in [0.25, 0.3) is 0 Å². The SMILES string of the molecule is C=CCCCN(C)C(=O)c1ccc(Br)o1. The summed E-state index contributed by atoms with van der Waals surface area (Å²) in [4.78, 5) is 13.4. The average molecular weight is 272 g/mol. The summed E-state index contributed by atoms with van der Waals surface area (Å²) in [6.07, 6.45) is 3.69. The first-order valence-electron chi connectivity index (χ1n) is 4.77. The predicted molar refractivity (Wildman–Crippen MR) is 62.8 cm³/mol. The summed E-state index contributed by atoms with van der Waals surface area (Å²) in [5, 5.41) is 0. The molecule has 3 nitrogen and oxygen atoms in total. The Morgan fingerprint density at radius 2 is 2.40 bits per heavy atom. The lowest BCUT2D eigenvalue weighted by Crippen LogP contribution is -2.27. The number of amides is 1. The number of hydrogen-bond acceptors (Lipinski definition) is 2. The summed E-state index contributed by atoms with van der Waals surface area (Å²) in [5.74, 6) is 0.271. The lowest BCUT2D eigenvalue weighted by atomic mass is 10.3. The summed E-state index contributed by atoms with van der Waals surface area (Å²) in [6.45, 7) is 4.35. The minimum atomic E-state index is -0.0928. The van der Waals surface area contributed by atoms with Crippen LogP contribution in [0.1, 0.15) is 23.4 Å². The Bertz CT molecular complexity index is 346. The highest BCUT2D eigenvalue weighted by Gasteiger charge is 2.14. The van der Waals surface area contributed by atoms with Crippen LogP contribution in [0, 0.1) is 0 Å². The van der Waals surface area contributed by atoms with Gasteiger partial charge in [0.2, 0.25) is 0 Å². The summed E-state index contributed by atoms with van der Waals surface area (Å²) in [7, 11) is 1.77. The van der Waals surface area contributed by atoms with E-state index >= 15 is 0 Å². The second-order valence-electron chi connectivity index (χ2n) is 3.26. The molecule has 0 saturated heterocycles. The highest BCUT2D eigenvalue weighted by atomic mass is 79.9. The molecule has 1 amide bonds. The van der Waals surface area contributed by atoms with E-state index in [-0.39, 0.29) is 5.91 Å². The van der Waals surface area contributed by atoms with Gasteiger partial charge in [-0.3, -0.25) is 4.79 Å². The molecule has 82 valence electrons. The average Bonchev–Trinajstić information content (AvgIpc) is 2.64. The van der Waals surface area contributed by atoms with E-state index in [4.69, 9.17) is 4.42 Å². The van der Waals surface area contributed by atoms with Crippen molar-refractivity contribution in [1.82, 2.24) is 4.90 Å². The van der Waals surface area contributed by atoms with Gasteiger partial charge in [-0.25, -0.2) is 0 Å². The van der Waals surface area contributed by atoms with Crippen LogP contribution in [0.4, 0.5) is 0 Å². The zero-order valence-corrected chi connectivity index (χ0v) is 10.3. The highest BCUT2D eigenvalue weighted by molar-refractivity contribution is 9.10. The summed E-state index contributed by atoms with van der Waals surface area (Å²) < 4.78 is 5.75. The van der Waals surface area contributed by atoms with Gasteiger partial charge in [-0.1, -0.05) is 6.08 Å². The van der Waals surface area contributed by atoms with Crippen LogP contribution in [-0.4, -0.2) is 24.4 Å². The van der Waals surface area contributed by atoms with Gasteiger partial charge in [-0.05, 0) is 40.9 Å². The Morgan fingerprint density at radius 3 is 2.93 bits per heavy atom. The van der Waals surface area contributed by atoms with E-state index in [1.165, 1.54) is 0 Å². The number of halogens is 1. The zero-order valence-electron chi connectivity index (χ0n) is 8.70. The maximum atomic E-state index is 11.7. The van der Waals surface area contributed by atoms with Crippen molar-refractivity contribution >= 4 is 21.8 Å². The van der Waals surface area contributed by atoms with Crippen LogP contribution in [0.3, 0.4) is 0 Å². The number of hydrogen-bond donors (Lipinski definition) is 0. The third-order valence-corrected chi connectivity index (χ3v) is 2.46. The molecule has 1 heterocycles. The van der Waals surface area contributed by atoms with E-state index in [9.17, 15) is 4.79 Å². The normalized spacial score (nSPS) is 10.0. The molecule has 0 aliphatic carbocycles. The molecule has 0 bridgehead atoms. The molecule has 1 aromatic heterocycles. The third kappa shape index (κ3) is 3.55. The predicted octanol–water partition coefficient (Wildman–Crippen LogP) is 3.08. The standard InChI is InChI=1S/C11H14BrNO2/c1-3-4-5-8-13(2)11(14)9-6-7-10(12)15-9/h3,6-7H,1,4-5,8H2,2H3. The molecule has 0 fully saturated rings. The Balaban J connectivity index is 2.49. The molecule has 0 radical (unpaired) electrons. The smallest absolute Gasteiger partial charge is 0.289 e. The van der Waals surface area contributed by atoms with Gasteiger partial charge >= 0.3 is 0 Å². The molecule has 1 rings (SSSR count). The van der Waals surface area contributed by atoms with Crippen molar-refractivity contribution in [3.05, 3.63) is 35.2 Å². The van der Waals surface area contributed by atoms with E-state index in [1.54, 1.807) is 24.1 Å². The first-order chi connectivity index (χ1) is 7.15. The topological polar surface area (TPSA) is 33.5 Å². The van der Waals surface area contributed by atoms with Gasteiger partial charge in [0.25, 0.3) is 5.91 Å². The molecule has 0 N–H and O–H groups in total. The first kappa shape index (κ1) is 12.0. The van der Waals surface area contributed by atoms with Crippen molar-refractivity contribution in [2.24, 2.45) is 0 Å². The molecule has 0 atom stereocenters. The van der Waals surface area contributed by atoms with E-state index in [0.29, 0.717) is 17.0 Å². The molecule has 0 saturated carbocycles. The number of furan rings is 1. The maximum absolute atomic E-state index is 11.7. The summed E-state index contributed by atoms with van der Waals surface area (Å²) in [6, 6.07) is 3.38. The zero-order chi connectivity index (χ0) is 11.3. The first-order valence-corrected chi connectivity index (χ1v) is 5.56. The molecule has 0 aromatic carbocycles. The van der Waals surface area contributed by atoms with Gasteiger partial charge in [0.15, 0.2) is 10.4 Å². The number of nitrogens with zero attached hydrogens (tertiary/aromatic N) is 1. The molecular formula is C11H14BrNO2. The Hall–Kier alpha value is -1.03. The van der Waals surface area contributed by atoms with Gasteiger partial charge in [0, 0.05) is 13.6 Å². The second kappa shape index (κ2) is 5.75. The molecule has 0 spiro atoms. The molecular weight excluding hydrogens is 258 g/mol. The summed E-state index contributed by atoms with van der Waals surface area (Å²) >= 11 is 3.16. The van der Waals surface area contributed by atoms with Crippen LogP contribution < -0.4 is 0 Å². The van der Waals surface area contributed by atoms with Crippen LogP contribution >= 0.6 is 15.9 Å². The van der Waals surface area contributed by atoms with Gasteiger partial charge in [-0.15, -0.1) is 6.58 Å². The van der Waals surface area contributed by atoms with Crippen LogP contribution in [0.15, 0.2) is 33.9 Å². The van der Waals surface area contributed by atoms with Crippen molar-refractivity contribution in [3.63, 3.8) is 0 Å². The molecule has 0 aliphatic heterocycles. The lowest BCUT2D eigenvalue weighted by molar-refractivity contribution is 0.0761. The number of allylic oxidation sites excluding steroid dienone is 1. The lowest BCUT2D eigenvalue weighted by Gasteiger charge is -2.14. The van der Waals surface area contributed by atoms with Crippen molar-refractivity contribution in [3.8, 4) is 0 Å². The van der Waals surface area contributed by atoms with E-state index in [2.05, 4.69) is 22.5 Å². The van der Waals surface area contributed by atoms with Crippen LogP contribution in [0.2, 0.25) is 0 Å². The molecule has 1 aromatic rings. The van der Waals surface area contributed by atoms with Crippen LogP contribution in [0.5, 0.6) is 0 Å². The quantitative estimate of drug-likeness (QED) is 0.609. The maximum Gasteiger partial charge on any atom is 0.289 e. The van der Waals surface area contributed by atoms with Crippen molar-refractivity contribution < 1.29 is 9.21 Å². The van der Waals surface area contributed by atoms with Gasteiger partial charge in [0.05, 0.1) is 0 Å². The fourth-order valence-electron chi connectivity index (χ4n) is 1.19. The Labute approximate surface area is 97.9 Å². The molecule has 0 aliphatic rings. The van der Waals surface area contributed by atoms with Crippen molar-refractivity contribution in [2.75, 3.05) is 13.6 Å². The van der Waals surface area contributed by atoms with E-state index < -0.39 is 0 Å². The molecule has 15 heavy (non-hydrogen) atoms. The van der Waals surface area contributed by atoms with Crippen molar-refractivity contribution in [2.45, 2.75) is 12.8 Å². The number of unbranched alkanes of at least 4 members (excludes halogenated alkanes) is 1. The minimum Gasteiger partial charge on any atom is -0.444 e.